The third-order valence-corrected chi connectivity index (χ3v) is 7.39. The van der Waals surface area contributed by atoms with Gasteiger partial charge in [0.2, 0.25) is 5.91 Å². The summed E-state index contributed by atoms with van der Waals surface area (Å²) in [6, 6.07) is 28.9. The lowest BCUT2D eigenvalue weighted by molar-refractivity contribution is -0.116. The number of halogens is 1. The van der Waals surface area contributed by atoms with Crippen molar-refractivity contribution in [2.45, 2.75) is 30.4 Å². The van der Waals surface area contributed by atoms with Crippen LogP contribution >= 0.6 is 11.8 Å². The number of amides is 3. The Bertz CT molecular complexity index is 1560. The lowest BCUT2D eigenvalue weighted by atomic mass is 10.1. The molecule has 41 heavy (non-hydrogen) atoms. The highest BCUT2D eigenvalue weighted by Crippen LogP contribution is 2.29. The Balaban J connectivity index is 1.49. The number of thioether (sulfide) groups is 1. The van der Waals surface area contributed by atoms with Gasteiger partial charge in [-0.1, -0.05) is 55.5 Å². The van der Waals surface area contributed by atoms with Crippen molar-refractivity contribution in [1.82, 2.24) is 5.32 Å². The number of anilines is 2. The summed E-state index contributed by atoms with van der Waals surface area (Å²) < 4.78 is 13.4. The average molecular weight is 568 g/mol. The van der Waals surface area contributed by atoms with Crippen molar-refractivity contribution in [1.29, 1.82) is 0 Å². The molecule has 0 bridgehead atoms. The Kier molecular flexibility index (Phi) is 10.1. The second-order valence-corrected chi connectivity index (χ2v) is 10.6. The van der Waals surface area contributed by atoms with E-state index in [-0.39, 0.29) is 16.9 Å². The Morgan fingerprint density at radius 3 is 2.20 bits per heavy atom. The van der Waals surface area contributed by atoms with E-state index < -0.39 is 17.6 Å². The van der Waals surface area contributed by atoms with E-state index in [9.17, 15) is 18.8 Å². The van der Waals surface area contributed by atoms with Gasteiger partial charge in [0, 0.05) is 21.8 Å². The summed E-state index contributed by atoms with van der Waals surface area (Å²) in [4.78, 5) is 39.9. The van der Waals surface area contributed by atoms with E-state index in [0.717, 1.165) is 16.1 Å². The molecule has 0 fully saturated rings. The van der Waals surface area contributed by atoms with Crippen LogP contribution in [0.1, 0.15) is 34.8 Å². The molecule has 3 N–H and O–H groups in total. The highest BCUT2D eigenvalue weighted by atomic mass is 32.2. The van der Waals surface area contributed by atoms with Crippen molar-refractivity contribution < 1.29 is 18.8 Å². The molecule has 1 atom stereocenters. The zero-order chi connectivity index (χ0) is 29.2. The van der Waals surface area contributed by atoms with Gasteiger partial charge in [-0.2, -0.15) is 0 Å². The van der Waals surface area contributed by atoms with Gasteiger partial charge >= 0.3 is 0 Å². The summed E-state index contributed by atoms with van der Waals surface area (Å²) in [5, 5.41) is 8.13. The zero-order valence-electron chi connectivity index (χ0n) is 22.7. The van der Waals surface area contributed by atoms with Gasteiger partial charge in [0.15, 0.2) is 0 Å². The molecule has 3 amide bonds. The van der Waals surface area contributed by atoms with Crippen molar-refractivity contribution in [2.24, 2.45) is 0 Å². The molecular formula is C33H30FN3O3S. The van der Waals surface area contributed by atoms with Crippen molar-refractivity contribution in [2.75, 3.05) is 10.6 Å². The van der Waals surface area contributed by atoms with Gasteiger partial charge < -0.3 is 16.0 Å². The summed E-state index contributed by atoms with van der Waals surface area (Å²) in [5.74, 6) is -1.52. The van der Waals surface area contributed by atoms with Crippen LogP contribution in [-0.4, -0.2) is 23.0 Å². The summed E-state index contributed by atoms with van der Waals surface area (Å²) in [7, 11) is 0. The highest BCUT2D eigenvalue weighted by Gasteiger charge is 2.19. The van der Waals surface area contributed by atoms with E-state index in [4.69, 9.17) is 0 Å². The van der Waals surface area contributed by atoms with E-state index in [0.29, 0.717) is 23.2 Å². The molecular weight excluding hydrogens is 537 g/mol. The molecule has 1 unspecified atom stereocenters. The summed E-state index contributed by atoms with van der Waals surface area (Å²) in [6.45, 7) is 3.91. The fourth-order valence-corrected chi connectivity index (χ4v) is 4.96. The van der Waals surface area contributed by atoms with Gasteiger partial charge in [-0.05, 0) is 85.1 Å². The Morgan fingerprint density at radius 1 is 0.829 bits per heavy atom. The second-order valence-electron chi connectivity index (χ2n) is 9.29. The minimum Gasteiger partial charge on any atom is -0.325 e. The SMILES string of the molecule is CCC(Sc1cccc(NC(=O)/C(=C/c2ccc(F)cc2)NC(=O)c2ccccc2)c1)C(=O)Nc1cccc(C)c1. The largest absolute Gasteiger partial charge is 0.325 e. The number of rotatable bonds is 10. The van der Waals surface area contributed by atoms with Crippen LogP contribution in [-0.2, 0) is 9.59 Å². The minimum atomic E-state index is -0.551. The highest BCUT2D eigenvalue weighted by molar-refractivity contribution is 8.00. The van der Waals surface area contributed by atoms with Crippen LogP contribution in [0.3, 0.4) is 0 Å². The lowest BCUT2D eigenvalue weighted by Gasteiger charge is -2.16. The quantitative estimate of drug-likeness (QED) is 0.142. The fraction of sp³-hybridized carbons (Fsp3) is 0.121. The smallest absolute Gasteiger partial charge is 0.272 e. The zero-order valence-corrected chi connectivity index (χ0v) is 23.5. The average Bonchev–Trinajstić information content (AvgIpc) is 2.97. The van der Waals surface area contributed by atoms with Crippen LogP contribution < -0.4 is 16.0 Å². The standard InChI is InChI=1S/C33H30FN3O3S/c1-3-30(33(40)36-26-12-7-9-22(2)19-26)41-28-14-8-13-27(21-28)35-32(39)29(20-23-15-17-25(34)18-16-23)37-31(38)24-10-5-4-6-11-24/h4-21,30H,3H2,1-2H3,(H,35,39)(H,36,40)(H,37,38)/b29-20-. The van der Waals surface area contributed by atoms with Gasteiger partial charge in [0.1, 0.15) is 11.5 Å². The molecule has 4 aromatic rings. The Morgan fingerprint density at radius 2 is 1.51 bits per heavy atom. The molecule has 0 aliphatic heterocycles. The van der Waals surface area contributed by atoms with Crippen LogP contribution in [0.15, 0.2) is 114 Å². The number of nitrogens with one attached hydrogen (secondary N) is 3. The third kappa shape index (κ3) is 8.65. The molecule has 0 saturated heterocycles. The second kappa shape index (κ2) is 14.1. The summed E-state index contributed by atoms with van der Waals surface area (Å²) >= 11 is 1.40. The molecule has 0 aliphatic carbocycles. The first-order valence-corrected chi connectivity index (χ1v) is 14.0. The first kappa shape index (κ1) is 29.3. The predicted octanol–water partition coefficient (Wildman–Crippen LogP) is 7.05. The molecule has 8 heteroatoms. The molecule has 4 rings (SSSR count). The van der Waals surface area contributed by atoms with Crippen molar-refractivity contribution in [3.05, 3.63) is 131 Å². The number of carbonyl (C=O) groups excluding carboxylic acids is 3. The van der Waals surface area contributed by atoms with Crippen LogP contribution in [0.4, 0.5) is 15.8 Å². The minimum absolute atomic E-state index is 0.00696. The third-order valence-electron chi connectivity index (χ3n) is 6.03. The van der Waals surface area contributed by atoms with Crippen LogP contribution in [0.2, 0.25) is 0 Å². The maximum atomic E-state index is 13.4. The molecule has 0 radical (unpaired) electrons. The topological polar surface area (TPSA) is 87.3 Å². The monoisotopic (exact) mass is 567 g/mol. The predicted molar refractivity (Wildman–Crippen MR) is 163 cm³/mol. The van der Waals surface area contributed by atoms with E-state index in [1.165, 1.54) is 42.1 Å². The molecule has 4 aromatic carbocycles. The summed E-state index contributed by atoms with van der Waals surface area (Å²) in [6.07, 6.45) is 2.09. The van der Waals surface area contributed by atoms with Crippen molar-refractivity contribution in [3.63, 3.8) is 0 Å². The van der Waals surface area contributed by atoms with Crippen molar-refractivity contribution >= 4 is 46.9 Å². The number of hydrogen-bond acceptors (Lipinski definition) is 4. The molecule has 0 aliphatic rings. The van der Waals surface area contributed by atoms with Crippen LogP contribution in [0, 0.1) is 12.7 Å². The van der Waals surface area contributed by atoms with E-state index >= 15 is 0 Å². The maximum Gasteiger partial charge on any atom is 0.272 e. The van der Waals surface area contributed by atoms with Gasteiger partial charge in [0.25, 0.3) is 11.8 Å². The van der Waals surface area contributed by atoms with Crippen LogP contribution in [0.25, 0.3) is 6.08 Å². The summed E-state index contributed by atoms with van der Waals surface area (Å²) in [5.41, 5.74) is 3.21. The number of carbonyl (C=O) groups is 3. The fourth-order valence-electron chi connectivity index (χ4n) is 3.95. The normalized spacial score (nSPS) is 11.8. The number of hydrogen-bond donors (Lipinski definition) is 3. The Labute approximate surface area is 243 Å². The first-order chi connectivity index (χ1) is 19.8. The molecule has 0 aromatic heterocycles. The van der Waals surface area contributed by atoms with Gasteiger partial charge in [-0.15, -0.1) is 11.8 Å². The van der Waals surface area contributed by atoms with Crippen molar-refractivity contribution in [3.8, 4) is 0 Å². The van der Waals surface area contributed by atoms with E-state index in [1.807, 2.05) is 44.2 Å². The lowest BCUT2D eigenvalue weighted by Crippen LogP contribution is -2.30. The van der Waals surface area contributed by atoms with E-state index in [2.05, 4.69) is 16.0 Å². The molecule has 6 nitrogen and oxygen atoms in total. The van der Waals surface area contributed by atoms with E-state index in [1.54, 1.807) is 48.5 Å². The molecule has 208 valence electrons. The Hall–Kier alpha value is -4.69. The van der Waals surface area contributed by atoms with Gasteiger partial charge in [-0.3, -0.25) is 14.4 Å². The number of aryl methyl sites for hydroxylation is 1. The van der Waals surface area contributed by atoms with Gasteiger partial charge in [0.05, 0.1) is 5.25 Å². The van der Waals surface area contributed by atoms with Gasteiger partial charge in [-0.25, -0.2) is 4.39 Å². The molecule has 0 saturated carbocycles. The molecule has 0 spiro atoms. The number of benzene rings is 4. The first-order valence-electron chi connectivity index (χ1n) is 13.1. The maximum absolute atomic E-state index is 13.4. The molecule has 0 heterocycles. The van der Waals surface area contributed by atoms with Crippen LogP contribution in [0.5, 0.6) is 0 Å².